The number of aromatic hydroxyl groups is 1. The second kappa shape index (κ2) is 8.58. The molecule has 168 valence electrons. The summed E-state index contributed by atoms with van der Waals surface area (Å²) in [6, 6.07) is 7.87. The maximum Gasteiger partial charge on any atom is 0.416 e. The molecule has 1 aliphatic rings. The number of quaternary nitrogens is 1. The van der Waals surface area contributed by atoms with Gasteiger partial charge in [-0.3, -0.25) is 0 Å². The van der Waals surface area contributed by atoms with Gasteiger partial charge in [-0.05, 0) is 56.1 Å². The Hall–Kier alpha value is -2.28. The molecule has 1 fully saturated rings. The van der Waals surface area contributed by atoms with Gasteiger partial charge in [-0.2, -0.15) is 18.2 Å². The third-order valence-electron chi connectivity index (χ3n) is 5.28. The lowest BCUT2D eigenvalue weighted by Gasteiger charge is -2.37. The van der Waals surface area contributed by atoms with Crippen molar-refractivity contribution in [3.05, 3.63) is 56.8 Å². The summed E-state index contributed by atoms with van der Waals surface area (Å²) in [7, 11) is 0. The van der Waals surface area contributed by atoms with Gasteiger partial charge in [0.1, 0.15) is 24.5 Å². The van der Waals surface area contributed by atoms with Crippen LogP contribution in [0.4, 0.5) is 18.9 Å². The molecule has 32 heavy (non-hydrogen) atoms. The van der Waals surface area contributed by atoms with Gasteiger partial charge in [-0.1, -0.05) is 11.2 Å². The van der Waals surface area contributed by atoms with E-state index < -0.39 is 17.6 Å². The molecule has 0 spiro atoms. The highest BCUT2D eigenvalue weighted by molar-refractivity contribution is 9.11. The quantitative estimate of drug-likeness (QED) is 0.438. The van der Waals surface area contributed by atoms with Crippen LogP contribution < -0.4 is 9.80 Å². The third-order valence-corrected chi connectivity index (χ3v) is 6.49. The lowest BCUT2D eigenvalue weighted by molar-refractivity contribution is -0.137. The molecule has 7 nitrogen and oxygen atoms in total. The number of amides is 1. The molecule has 2 heterocycles. The van der Waals surface area contributed by atoms with Crippen molar-refractivity contribution in [1.82, 2.24) is 19.9 Å². The summed E-state index contributed by atoms with van der Waals surface area (Å²) < 4.78 is 45.5. The molecular formula is C20H16Br2F3N4O3+. The molecule has 1 amide bonds. The normalized spacial score (nSPS) is 16.2. The summed E-state index contributed by atoms with van der Waals surface area (Å²) in [5, 5.41) is 16.9. The number of nitrogens with one attached hydrogen (secondary N) is 1. The number of alkyl halides is 3. The summed E-state index contributed by atoms with van der Waals surface area (Å²) in [5.74, 6) is -0.795. The van der Waals surface area contributed by atoms with Crippen LogP contribution in [0.15, 0.2) is 49.9 Å². The number of hydrogen-bond acceptors (Lipinski definition) is 6. The van der Waals surface area contributed by atoms with Crippen molar-refractivity contribution in [3.8, 4) is 17.1 Å². The second-order valence-corrected chi connectivity index (χ2v) is 8.94. The van der Waals surface area contributed by atoms with Crippen LogP contribution in [0.5, 0.6) is 5.75 Å². The van der Waals surface area contributed by atoms with E-state index in [0.717, 1.165) is 12.1 Å². The van der Waals surface area contributed by atoms with E-state index in [1.54, 1.807) is 12.1 Å². The minimum atomic E-state index is -4.53. The van der Waals surface area contributed by atoms with E-state index in [1.165, 1.54) is 12.1 Å². The number of halogens is 5. The van der Waals surface area contributed by atoms with Crippen molar-refractivity contribution >= 4 is 43.5 Å². The largest absolute Gasteiger partial charge is 0.506 e. The SMILES string of the molecule is O=C(c1nc(-c2cc(Br)c(O)c(Br)c2)no1)[N+]1(c2cccc(C(F)(F)F)c2)CCNCC1. The van der Waals surface area contributed by atoms with Crippen LogP contribution >= 0.6 is 31.9 Å². The van der Waals surface area contributed by atoms with Crippen LogP contribution in [0.25, 0.3) is 11.4 Å². The molecule has 1 saturated heterocycles. The number of nitrogens with zero attached hydrogens (tertiary/aromatic N) is 3. The highest BCUT2D eigenvalue weighted by Gasteiger charge is 2.45. The van der Waals surface area contributed by atoms with Crippen LogP contribution in [0, 0.1) is 0 Å². The van der Waals surface area contributed by atoms with E-state index in [0.29, 0.717) is 27.6 Å². The molecule has 4 rings (SSSR count). The smallest absolute Gasteiger partial charge is 0.416 e. The standard InChI is InChI=1S/C20H15Br2F3N4O3/c21-14-8-11(9-15(22)16(14)30)17-27-18(32-28-17)19(31)29(6-4-26-5-7-29)13-3-1-2-12(10-13)20(23,24)25/h1-3,8-10,26H,4-7H2/p+1. The topological polar surface area (TPSA) is 88.2 Å². The minimum absolute atomic E-state index is 0.0107. The Kier molecular flexibility index (Phi) is 6.14. The van der Waals surface area contributed by atoms with E-state index in [9.17, 15) is 23.1 Å². The zero-order chi connectivity index (χ0) is 23.1. The summed E-state index contributed by atoms with van der Waals surface area (Å²) in [6.45, 7) is 1.32. The van der Waals surface area contributed by atoms with Gasteiger partial charge in [0.25, 0.3) is 0 Å². The summed E-state index contributed by atoms with van der Waals surface area (Å²) in [5.41, 5.74) is -0.152. The molecule has 0 atom stereocenters. The highest BCUT2D eigenvalue weighted by atomic mass is 79.9. The number of carbonyl (C=O) groups excluding carboxylic acids is 1. The fourth-order valence-corrected chi connectivity index (χ4v) is 4.80. The summed E-state index contributed by atoms with van der Waals surface area (Å²) >= 11 is 6.44. The molecule has 2 N–H and O–H groups in total. The number of rotatable bonds is 3. The average molecular weight is 577 g/mol. The Morgan fingerprint density at radius 2 is 1.78 bits per heavy atom. The molecule has 3 aromatic rings. The first-order valence-electron chi connectivity index (χ1n) is 9.44. The van der Waals surface area contributed by atoms with Crippen molar-refractivity contribution in [2.45, 2.75) is 6.18 Å². The number of carbonyl (C=O) groups is 1. The van der Waals surface area contributed by atoms with Gasteiger partial charge in [-0.15, -0.1) is 0 Å². The van der Waals surface area contributed by atoms with Gasteiger partial charge in [-0.25, -0.2) is 9.28 Å². The Bertz CT molecular complexity index is 1150. The van der Waals surface area contributed by atoms with Crippen molar-refractivity contribution in [3.63, 3.8) is 0 Å². The average Bonchev–Trinajstić information content (AvgIpc) is 3.27. The number of aromatic nitrogens is 2. The van der Waals surface area contributed by atoms with Crippen LogP contribution in [-0.2, 0) is 6.18 Å². The Morgan fingerprint density at radius 3 is 2.41 bits per heavy atom. The Balaban J connectivity index is 1.74. The van der Waals surface area contributed by atoms with Crippen molar-refractivity contribution in [1.29, 1.82) is 0 Å². The first-order valence-corrected chi connectivity index (χ1v) is 11.0. The van der Waals surface area contributed by atoms with Gasteiger partial charge in [0.15, 0.2) is 0 Å². The molecule has 0 aliphatic carbocycles. The molecule has 0 unspecified atom stereocenters. The fourth-order valence-electron chi connectivity index (χ4n) is 3.61. The predicted octanol–water partition coefficient (Wildman–Crippen LogP) is 4.74. The fraction of sp³-hybridized carbons (Fsp3) is 0.250. The van der Waals surface area contributed by atoms with E-state index in [-0.39, 0.29) is 40.7 Å². The highest BCUT2D eigenvalue weighted by Crippen LogP contribution is 2.37. The number of phenolic OH excluding ortho intramolecular Hbond substituents is 1. The molecular weight excluding hydrogens is 561 g/mol. The minimum Gasteiger partial charge on any atom is -0.506 e. The summed E-state index contributed by atoms with van der Waals surface area (Å²) in [6.07, 6.45) is -4.53. The van der Waals surface area contributed by atoms with E-state index in [2.05, 4.69) is 47.3 Å². The maximum atomic E-state index is 13.5. The van der Waals surface area contributed by atoms with Crippen molar-refractivity contribution in [2.75, 3.05) is 26.2 Å². The number of benzene rings is 2. The maximum absolute atomic E-state index is 13.5. The van der Waals surface area contributed by atoms with Crippen molar-refractivity contribution in [2.24, 2.45) is 0 Å². The van der Waals surface area contributed by atoms with Crippen LogP contribution in [0.2, 0.25) is 0 Å². The van der Waals surface area contributed by atoms with Crippen molar-refractivity contribution < 1.29 is 27.6 Å². The molecule has 1 aliphatic heterocycles. The lowest BCUT2D eigenvalue weighted by atomic mass is 10.1. The lowest BCUT2D eigenvalue weighted by Crippen LogP contribution is -2.63. The predicted molar refractivity (Wildman–Crippen MR) is 117 cm³/mol. The van der Waals surface area contributed by atoms with Gasteiger partial charge >= 0.3 is 18.0 Å². The van der Waals surface area contributed by atoms with E-state index in [4.69, 9.17) is 4.52 Å². The molecule has 0 bridgehead atoms. The molecule has 1 aromatic heterocycles. The van der Waals surface area contributed by atoms with Crippen LogP contribution in [0.1, 0.15) is 16.2 Å². The van der Waals surface area contributed by atoms with Crippen LogP contribution in [-0.4, -0.2) is 47.3 Å². The van der Waals surface area contributed by atoms with Gasteiger partial charge in [0, 0.05) is 24.7 Å². The first kappa shape index (κ1) is 22.9. The first-order chi connectivity index (χ1) is 15.1. The monoisotopic (exact) mass is 575 g/mol. The summed E-state index contributed by atoms with van der Waals surface area (Å²) in [4.78, 5) is 17.7. The molecule has 12 heteroatoms. The van der Waals surface area contributed by atoms with Crippen LogP contribution in [0.3, 0.4) is 0 Å². The Morgan fingerprint density at radius 1 is 1.12 bits per heavy atom. The number of phenols is 1. The zero-order valence-corrected chi connectivity index (χ0v) is 19.5. The Labute approximate surface area is 197 Å². The zero-order valence-electron chi connectivity index (χ0n) is 16.3. The van der Waals surface area contributed by atoms with E-state index >= 15 is 0 Å². The number of piperazine rings is 1. The van der Waals surface area contributed by atoms with E-state index in [1.807, 2.05) is 0 Å². The molecule has 0 radical (unpaired) electrons. The second-order valence-electron chi connectivity index (χ2n) is 7.23. The molecule has 0 saturated carbocycles. The molecule has 2 aromatic carbocycles. The van der Waals surface area contributed by atoms with Gasteiger partial charge in [0.05, 0.1) is 14.5 Å². The van der Waals surface area contributed by atoms with Gasteiger partial charge in [0.2, 0.25) is 5.82 Å². The van der Waals surface area contributed by atoms with Gasteiger partial charge < -0.3 is 14.9 Å². The third kappa shape index (κ3) is 4.19. The number of hydrogen-bond donors (Lipinski definition) is 2.